The number of carboxylic acid groups (broad SMARTS) is 2. The zero-order chi connectivity index (χ0) is 19.1. The van der Waals surface area contributed by atoms with Crippen molar-refractivity contribution in [3.63, 3.8) is 0 Å². The minimum atomic E-state index is -1.25. The fourth-order valence-electron chi connectivity index (χ4n) is 7.61. The van der Waals surface area contributed by atoms with Crippen LogP contribution in [0.4, 0.5) is 0 Å². The molecule has 3 N–H and O–H groups in total. The first-order valence-electron chi connectivity index (χ1n) is 9.42. The highest BCUT2D eigenvalue weighted by molar-refractivity contribution is 5.82. The number of hydrogen-bond acceptors (Lipinski definition) is 4. The highest BCUT2D eigenvalue weighted by Crippen LogP contribution is 2.77. The summed E-state index contributed by atoms with van der Waals surface area (Å²) >= 11 is 0. The zero-order valence-corrected chi connectivity index (χ0v) is 15.0. The van der Waals surface area contributed by atoms with Crippen LogP contribution in [-0.2, 0) is 14.4 Å². The predicted octanol–water partition coefficient (Wildman–Crippen LogP) is 2.11. The molecule has 1 spiro atoms. The Morgan fingerprint density at radius 1 is 1.27 bits per heavy atom. The molecule has 6 heteroatoms. The molecule has 8 atom stereocenters. The van der Waals surface area contributed by atoms with Gasteiger partial charge in [0.25, 0.3) is 0 Å². The Labute approximate surface area is 152 Å². The van der Waals surface area contributed by atoms with Crippen molar-refractivity contribution >= 4 is 18.2 Å². The number of carbonyl (C=O) groups excluding carboxylic acids is 1. The van der Waals surface area contributed by atoms with Gasteiger partial charge in [0.1, 0.15) is 6.29 Å². The van der Waals surface area contributed by atoms with Gasteiger partial charge in [-0.1, -0.05) is 18.6 Å². The summed E-state index contributed by atoms with van der Waals surface area (Å²) in [4.78, 5) is 37.1. The summed E-state index contributed by atoms with van der Waals surface area (Å²) in [6.45, 7) is 5.69. The largest absolute Gasteiger partial charge is 0.481 e. The van der Waals surface area contributed by atoms with Crippen molar-refractivity contribution in [2.24, 2.45) is 39.9 Å². The molecule has 0 radical (unpaired) electrons. The van der Waals surface area contributed by atoms with Crippen LogP contribution in [0.25, 0.3) is 0 Å². The van der Waals surface area contributed by atoms with E-state index in [9.17, 15) is 29.7 Å². The topological polar surface area (TPSA) is 112 Å². The van der Waals surface area contributed by atoms with Gasteiger partial charge in [-0.15, -0.1) is 0 Å². The molecule has 4 aliphatic rings. The molecule has 4 fully saturated rings. The number of aliphatic hydroxyl groups is 1. The molecule has 0 unspecified atom stereocenters. The molecule has 0 saturated heterocycles. The highest BCUT2D eigenvalue weighted by atomic mass is 16.4. The quantitative estimate of drug-likeness (QED) is 0.524. The van der Waals surface area contributed by atoms with E-state index in [1.807, 2.05) is 0 Å². The summed E-state index contributed by atoms with van der Waals surface area (Å²) in [6.07, 6.45) is 3.00. The van der Waals surface area contributed by atoms with Crippen molar-refractivity contribution < 1.29 is 29.7 Å². The van der Waals surface area contributed by atoms with Crippen LogP contribution < -0.4 is 0 Å². The van der Waals surface area contributed by atoms with Crippen LogP contribution in [0.2, 0.25) is 0 Å². The van der Waals surface area contributed by atoms with Crippen molar-refractivity contribution in [1.82, 2.24) is 0 Å². The molecule has 0 aromatic rings. The molecular formula is C20H26O6. The lowest BCUT2D eigenvalue weighted by molar-refractivity contribution is -0.167. The monoisotopic (exact) mass is 362 g/mol. The summed E-state index contributed by atoms with van der Waals surface area (Å²) in [5.74, 6) is -4.13. The molecule has 0 aromatic heterocycles. The normalized spacial score (nSPS) is 52.2. The Hall–Kier alpha value is -1.69. The third-order valence-electron chi connectivity index (χ3n) is 8.46. The fourth-order valence-corrected chi connectivity index (χ4v) is 7.61. The van der Waals surface area contributed by atoms with Gasteiger partial charge >= 0.3 is 11.9 Å². The second-order valence-corrected chi connectivity index (χ2v) is 9.33. The van der Waals surface area contributed by atoms with Crippen molar-refractivity contribution in [2.75, 3.05) is 0 Å². The number of carbonyl (C=O) groups is 3. The maximum Gasteiger partial charge on any atom is 0.309 e. The molecule has 0 amide bonds. The average molecular weight is 362 g/mol. The molecule has 4 rings (SSSR count). The van der Waals surface area contributed by atoms with E-state index < -0.39 is 46.1 Å². The predicted molar refractivity (Wildman–Crippen MR) is 91.1 cm³/mol. The van der Waals surface area contributed by atoms with E-state index >= 15 is 0 Å². The third kappa shape index (κ3) is 1.79. The van der Waals surface area contributed by atoms with Crippen LogP contribution in [0, 0.1) is 39.9 Å². The number of aliphatic carboxylic acids is 2. The van der Waals surface area contributed by atoms with Gasteiger partial charge in [0, 0.05) is 17.3 Å². The Morgan fingerprint density at radius 2 is 1.96 bits per heavy atom. The number of aldehydes is 1. The first-order chi connectivity index (χ1) is 12.1. The van der Waals surface area contributed by atoms with Gasteiger partial charge in [0.05, 0.1) is 17.4 Å². The molecule has 2 bridgehead atoms. The van der Waals surface area contributed by atoms with Gasteiger partial charge in [0.2, 0.25) is 0 Å². The lowest BCUT2D eigenvalue weighted by Crippen LogP contribution is -2.52. The standard InChI is InChI=1S/C20H26O6/c1-10-7-20-8-11(10)12(22)6-13(20)19(9-21)5-3-4-18(2,17(25)26)15(19)14(20)16(23)24/h9,11-15,22H,1,3-8H2,2H3,(H,23,24)(H,25,26)/t11-,12-,13+,14-,15-,18-,19-,20-/m1/s1. The molecule has 4 aliphatic carbocycles. The van der Waals surface area contributed by atoms with Crippen LogP contribution in [0.15, 0.2) is 12.2 Å². The van der Waals surface area contributed by atoms with Gasteiger partial charge in [0.15, 0.2) is 0 Å². The maximum absolute atomic E-state index is 12.5. The summed E-state index contributed by atoms with van der Waals surface area (Å²) in [7, 11) is 0. The van der Waals surface area contributed by atoms with Gasteiger partial charge < -0.3 is 20.1 Å². The van der Waals surface area contributed by atoms with E-state index in [0.29, 0.717) is 38.5 Å². The molecule has 0 aliphatic heterocycles. The molecule has 26 heavy (non-hydrogen) atoms. The molecule has 0 heterocycles. The number of hydrogen-bond donors (Lipinski definition) is 3. The van der Waals surface area contributed by atoms with E-state index in [1.54, 1.807) is 6.92 Å². The Morgan fingerprint density at radius 3 is 2.54 bits per heavy atom. The highest BCUT2D eigenvalue weighted by Gasteiger charge is 2.77. The molecular weight excluding hydrogens is 336 g/mol. The lowest BCUT2D eigenvalue weighted by Gasteiger charge is -2.49. The average Bonchev–Trinajstić information content (AvgIpc) is 3.00. The van der Waals surface area contributed by atoms with Crippen molar-refractivity contribution in [3.8, 4) is 0 Å². The summed E-state index contributed by atoms with van der Waals surface area (Å²) < 4.78 is 0. The van der Waals surface area contributed by atoms with E-state index in [2.05, 4.69) is 6.58 Å². The van der Waals surface area contributed by atoms with Gasteiger partial charge in [-0.2, -0.15) is 0 Å². The Balaban J connectivity index is 1.98. The number of carboxylic acids is 2. The van der Waals surface area contributed by atoms with E-state index in [-0.39, 0.29) is 11.8 Å². The van der Waals surface area contributed by atoms with Gasteiger partial charge in [-0.3, -0.25) is 9.59 Å². The SMILES string of the molecule is C=C1C[C@@]23C[C@H]1[C@H](O)C[C@H]2[C@]1(C=O)CCC[C@@](C)(C(=O)O)[C@H]1[C@@H]3C(=O)O. The Kier molecular flexibility index (Phi) is 3.53. The molecule has 0 aromatic carbocycles. The fraction of sp³-hybridized carbons (Fsp3) is 0.750. The minimum absolute atomic E-state index is 0.145. The zero-order valence-electron chi connectivity index (χ0n) is 15.0. The van der Waals surface area contributed by atoms with Crippen molar-refractivity contribution in [1.29, 1.82) is 0 Å². The van der Waals surface area contributed by atoms with Crippen LogP contribution in [0.3, 0.4) is 0 Å². The van der Waals surface area contributed by atoms with Crippen LogP contribution in [-0.4, -0.2) is 39.6 Å². The second-order valence-electron chi connectivity index (χ2n) is 9.33. The van der Waals surface area contributed by atoms with Crippen LogP contribution in [0.5, 0.6) is 0 Å². The summed E-state index contributed by atoms with van der Waals surface area (Å²) in [6, 6.07) is 0. The Bertz CT molecular complexity index is 715. The lowest BCUT2D eigenvalue weighted by atomic mass is 9.53. The molecule has 6 nitrogen and oxygen atoms in total. The van der Waals surface area contributed by atoms with E-state index in [1.165, 1.54) is 0 Å². The van der Waals surface area contributed by atoms with Gasteiger partial charge in [-0.25, -0.2) is 0 Å². The first kappa shape index (κ1) is 17.7. The van der Waals surface area contributed by atoms with Crippen LogP contribution in [0.1, 0.15) is 45.4 Å². The maximum atomic E-state index is 12.5. The van der Waals surface area contributed by atoms with E-state index in [0.717, 1.165) is 11.9 Å². The third-order valence-corrected chi connectivity index (χ3v) is 8.46. The number of fused-ring (bicyclic) bond motifs is 3. The number of rotatable bonds is 3. The summed E-state index contributed by atoms with van der Waals surface area (Å²) in [5, 5.41) is 30.8. The first-order valence-corrected chi connectivity index (χ1v) is 9.42. The number of aliphatic hydroxyl groups excluding tert-OH is 1. The second kappa shape index (κ2) is 5.18. The van der Waals surface area contributed by atoms with Gasteiger partial charge in [-0.05, 0) is 50.4 Å². The van der Waals surface area contributed by atoms with Crippen LogP contribution >= 0.6 is 0 Å². The molecule has 142 valence electrons. The molecule has 4 saturated carbocycles. The van der Waals surface area contributed by atoms with Crippen molar-refractivity contribution in [3.05, 3.63) is 12.2 Å². The van der Waals surface area contributed by atoms with E-state index in [4.69, 9.17) is 0 Å². The van der Waals surface area contributed by atoms with Crippen molar-refractivity contribution in [2.45, 2.75) is 51.6 Å². The smallest absolute Gasteiger partial charge is 0.309 e. The summed E-state index contributed by atoms with van der Waals surface area (Å²) in [5.41, 5.74) is -2.06. The minimum Gasteiger partial charge on any atom is -0.481 e.